The van der Waals surface area contributed by atoms with E-state index in [0.717, 1.165) is 23.3 Å². The highest BCUT2D eigenvalue weighted by molar-refractivity contribution is 5.97. The molecular formula is C15H11F3O. The summed E-state index contributed by atoms with van der Waals surface area (Å²) in [7, 11) is 0. The molecule has 0 aromatic heterocycles. The summed E-state index contributed by atoms with van der Waals surface area (Å²) in [6, 6.07) is 8.68. The van der Waals surface area contributed by atoms with E-state index < -0.39 is 23.2 Å². The standard InChI is InChI=1S/C15H11F3O/c1-9-3-2-4-10(5-9)6-14(19)11-7-12(16)15(18)13(17)8-11/h2-5,7-8H,6H2,1H3. The lowest BCUT2D eigenvalue weighted by atomic mass is 10.0. The van der Waals surface area contributed by atoms with Gasteiger partial charge in [-0.05, 0) is 24.6 Å². The number of ketones is 1. The summed E-state index contributed by atoms with van der Waals surface area (Å²) >= 11 is 0. The normalized spacial score (nSPS) is 10.5. The Morgan fingerprint density at radius 3 is 2.26 bits per heavy atom. The zero-order valence-electron chi connectivity index (χ0n) is 10.2. The fraction of sp³-hybridized carbons (Fsp3) is 0.133. The fourth-order valence-corrected chi connectivity index (χ4v) is 1.83. The molecule has 0 fully saturated rings. The molecule has 0 atom stereocenters. The van der Waals surface area contributed by atoms with Gasteiger partial charge in [0.15, 0.2) is 23.2 Å². The number of carbonyl (C=O) groups excluding carboxylic acids is 1. The van der Waals surface area contributed by atoms with Gasteiger partial charge in [0.25, 0.3) is 0 Å². The molecule has 2 rings (SSSR count). The van der Waals surface area contributed by atoms with Crippen LogP contribution in [-0.2, 0) is 6.42 Å². The van der Waals surface area contributed by atoms with Gasteiger partial charge in [0.05, 0.1) is 0 Å². The van der Waals surface area contributed by atoms with E-state index in [1.807, 2.05) is 19.1 Å². The molecular weight excluding hydrogens is 253 g/mol. The van der Waals surface area contributed by atoms with Gasteiger partial charge in [0.1, 0.15) is 0 Å². The third-order valence-electron chi connectivity index (χ3n) is 2.75. The summed E-state index contributed by atoms with van der Waals surface area (Å²) in [6.07, 6.45) is 0.0200. The first kappa shape index (κ1) is 13.3. The maximum absolute atomic E-state index is 13.0. The zero-order chi connectivity index (χ0) is 14.0. The van der Waals surface area contributed by atoms with E-state index in [1.165, 1.54) is 0 Å². The molecule has 0 N–H and O–H groups in total. The lowest BCUT2D eigenvalue weighted by Gasteiger charge is -2.04. The second-order valence-electron chi connectivity index (χ2n) is 4.34. The number of hydrogen-bond donors (Lipinski definition) is 0. The van der Waals surface area contributed by atoms with Gasteiger partial charge >= 0.3 is 0 Å². The van der Waals surface area contributed by atoms with Crippen molar-refractivity contribution in [2.75, 3.05) is 0 Å². The smallest absolute Gasteiger partial charge is 0.194 e. The highest BCUT2D eigenvalue weighted by Crippen LogP contribution is 2.16. The van der Waals surface area contributed by atoms with E-state index in [0.29, 0.717) is 0 Å². The Balaban J connectivity index is 2.25. The SMILES string of the molecule is Cc1cccc(CC(=O)c2cc(F)c(F)c(F)c2)c1. The molecule has 0 heterocycles. The van der Waals surface area contributed by atoms with Crippen molar-refractivity contribution in [3.05, 3.63) is 70.5 Å². The summed E-state index contributed by atoms with van der Waals surface area (Å²) in [5, 5.41) is 0. The van der Waals surface area contributed by atoms with Crippen molar-refractivity contribution in [3.8, 4) is 0 Å². The topological polar surface area (TPSA) is 17.1 Å². The van der Waals surface area contributed by atoms with Crippen molar-refractivity contribution in [2.24, 2.45) is 0 Å². The first-order valence-corrected chi connectivity index (χ1v) is 5.70. The molecule has 1 nitrogen and oxygen atoms in total. The van der Waals surface area contributed by atoms with Crippen LogP contribution in [0.25, 0.3) is 0 Å². The molecule has 0 saturated carbocycles. The molecule has 19 heavy (non-hydrogen) atoms. The van der Waals surface area contributed by atoms with E-state index >= 15 is 0 Å². The van der Waals surface area contributed by atoms with E-state index in [9.17, 15) is 18.0 Å². The summed E-state index contributed by atoms with van der Waals surface area (Å²) in [5.74, 6) is -4.73. The van der Waals surface area contributed by atoms with Gasteiger partial charge < -0.3 is 0 Å². The van der Waals surface area contributed by atoms with Gasteiger partial charge in [-0.25, -0.2) is 13.2 Å². The lowest BCUT2D eigenvalue weighted by Crippen LogP contribution is -2.06. The fourth-order valence-electron chi connectivity index (χ4n) is 1.83. The van der Waals surface area contributed by atoms with Crippen molar-refractivity contribution in [3.63, 3.8) is 0 Å². The highest BCUT2D eigenvalue weighted by atomic mass is 19.2. The van der Waals surface area contributed by atoms with E-state index in [2.05, 4.69) is 0 Å². The van der Waals surface area contributed by atoms with Crippen LogP contribution in [-0.4, -0.2) is 5.78 Å². The van der Waals surface area contributed by atoms with E-state index in [1.54, 1.807) is 12.1 Å². The molecule has 0 saturated heterocycles. The minimum absolute atomic E-state index is 0.0200. The molecule has 0 aliphatic rings. The Bertz CT molecular complexity index is 612. The highest BCUT2D eigenvalue weighted by Gasteiger charge is 2.15. The maximum Gasteiger partial charge on any atom is 0.194 e. The molecule has 0 aliphatic heterocycles. The molecule has 0 aliphatic carbocycles. The number of rotatable bonds is 3. The molecule has 2 aromatic rings. The van der Waals surface area contributed by atoms with Crippen molar-refractivity contribution < 1.29 is 18.0 Å². The molecule has 4 heteroatoms. The van der Waals surface area contributed by atoms with Crippen molar-refractivity contribution in [1.29, 1.82) is 0 Å². The average molecular weight is 264 g/mol. The second kappa shape index (κ2) is 5.26. The van der Waals surface area contributed by atoms with Crippen LogP contribution in [0.3, 0.4) is 0 Å². The summed E-state index contributed by atoms with van der Waals surface area (Å²) < 4.78 is 38.9. The zero-order valence-corrected chi connectivity index (χ0v) is 10.2. The van der Waals surface area contributed by atoms with Gasteiger partial charge in [-0.2, -0.15) is 0 Å². The first-order chi connectivity index (χ1) is 8.97. The average Bonchev–Trinajstić information content (AvgIpc) is 2.35. The predicted octanol–water partition coefficient (Wildman–Crippen LogP) is 3.84. The summed E-state index contributed by atoms with van der Waals surface area (Å²) in [4.78, 5) is 11.9. The molecule has 0 bridgehead atoms. The van der Waals surface area contributed by atoms with Crippen molar-refractivity contribution in [2.45, 2.75) is 13.3 Å². The Hall–Kier alpha value is -2.10. The molecule has 0 radical (unpaired) electrons. The van der Waals surface area contributed by atoms with Gasteiger partial charge in [-0.1, -0.05) is 29.8 Å². The predicted molar refractivity (Wildman–Crippen MR) is 65.5 cm³/mol. The summed E-state index contributed by atoms with van der Waals surface area (Å²) in [6.45, 7) is 1.88. The largest absolute Gasteiger partial charge is 0.294 e. The molecule has 0 spiro atoms. The van der Waals surface area contributed by atoms with Gasteiger partial charge in [-0.15, -0.1) is 0 Å². The van der Waals surface area contributed by atoms with E-state index in [4.69, 9.17) is 0 Å². The van der Waals surface area contributed by atoms with Crippen LogP contribution in [0.15, 0.2) is 36.4 Å². The van der Waals surface area contributed by atoms with Crippen LogP contribution in [0.4, 0.5) is 13.2 Å². The number of aryl methyl sites for hydroxylation is 1. The minimum atomic E-state index is -1.56. The second-order valence-corrected chi connectivity index (χ2v) is 4.34. The Labute approximate surface area is 108 Å². The molecule has 0 unspecified atom stereocenters. The monoisotopic (exact) mass is 264 g/mol. The summed E-state index contributed by atoms with van der Waals surface area (Å²) in [5.41, 5.74) is 1.56. The first-order valence-electron chi connectivity index (χ1n) is 5.70. The number of halogens is 3. The van der Waals surface area contributed by atoms with Gasteiger partial charge in [0, 0.05) is 12.0 Å². The third-order valence-corrected chi connectivity index (χ3v) is 2.75. The minimum Gasteiger partial charge on any atom is -0.294 e. The van der Waals surface area contributed by atoms with E-state index in [-0.39, 0.29) is 12.0 Å². The van der Waals surface area contributed by atoms with Gasteiger partial charge in [0.2, 0.25) is 0 Å². The number of Topliss-reactive ketones (excluding diaryl/α,β-unsaturated/α-hetero) is 1. The third kappa shape index (κ3) is 3.02. The van der Waals surface area contributed by atoms with Crippen LogP contribution in [0, 0.1) is 24.4 Å². The van der Waals surface area contributed by atoms with Crippen LogP contribution in [0.1, 0.15) is 21.5 Å². The van der Waals surface area contributed by atoms with Crippen molar-refractivity contribution >= 4 is 5.78 Å². The van der Waals surface area contributed by atoms with Crippen LogP contribution in [0.2, 0.25) is 0 Å². The molecule has 2 aromatic carbocycles. The van der Waals surface area contributed by atoms with Crippen LogP contribution >= 0.6 is 0 Å². The maximum atomic E-state index is 13.0. The van der Waals surface area contributed by atoms with Crippen molar-refractivity contribution in [1.82, 2.24) is 0 Å². The Morgan fingerprint density at radius 2 is 1.68 bits per heavy atom. The van der Waals surface area contributed by atoms with Crippen LogP contribution < -0.4 is 0 Å². The number of carbonyl (C=O) groups is 1. The molecule has 0 amide bonds. The lowest BCUT2D eigenvalue weighted by molar-refractivity contribution is 0.0992. The quantitative estimate of drug-likeness (QED) is 0.608. The van der Waals surface area contributed by atoms with Gasteiger partial charge in [-0.3, -0.25) is 4.79 Å². The Morgan fingerprint density at radius 1 is 1.05 bits per heavy atom. The number of benzene rings is 2. The molecule has 98 valence electrons. The Kier molecular flexibility index (Phi) is 3.69. The number of hydrogen-bond acceptors (Lipinski definition) is 1. The van der Waals surface area contributed by atoms with Crippen LogP contribution in [0.5, 0.6) is 0 Å².